The highest BCUT2D eigenvalue weighted by atomic mass is 19.1. The maximum Gasteiger partial charge on any atom is 0.263 e. The third kappa shape index (κ3) is 3.32. The summed E-state index contributed by atoms with van der Waals surface area (Å²) in [5.74, 6) is -1.26. The number of nitrogens with zero attached hydrogens (tertiary/aromatic N) is 4. The third-order valence-electron chi connectivity index (χ3n) is 4.78. The van der Waals surface area contributed by atoms with E-state index in [0.29, 0.717) is 37.3 Å². The molecule has 1 amide bonds. The highest BCUT2D eigenvalue weighted by Gasteiger charge is 2.28. The first-order chi connectivity index (χ1) is 13.0. The maximum atomic E-state index is 13.7. The molecule has 4 rings (SSSR count). The molecule has 1 N–H and O–H groups in total. The van der Waals surface area contributed by atoms with Crippen LogP contribution in [0.1, 0.15) is 18.5 Å². The van der Waals surface area contributed by atoms with Crippen LogP contribution in [0.2, 0.25) is 0 Å². The van der Waals surface area contributed by atoms with E-state index in [0.717, 1.165) is 23.3 Å². The lowest BCUT2D eigenvalue weighted by atomic mass is 9.95. The molecule has 140 valence electrons. The van der Waals surface area contributed by atoms with E-state index in [1.165, 1.54) is 12.4 Å². The molecule has 0 spiro atoms. The normalized spacial score (nSPS) is 15.3. The van der Waals surface area contributed by atoms with E-state index in [2.05, 4.69) is 25.3 Å². The average Bonchev–Trinajstić information content (AvgIpc) is 3.05. The lowest BCUT2D eigenvalue weighted by Crippen LogP contribution is -2.38. The third-order valence-corrected chi connectivity index (χ3v) is 4.78. The summed E-state index contributed by atoms with van der Waals surface area (Å²) in [5, 5.41) is 7.24. The Labute approximate surface area is 153 Å². The second kappa shape index (κ2) is 6.90. The van der Waals surface area contributed by atoms with Crippen molar-refractivity contribution in [2.75, 3.05) is 23.3 Å². The molecule has 7 nitrogen and oxygen atoms in total. The van der Waals surface area contributed by atoms with Gasteiger partial charge in [-0.15, -0.1) is 0 Å². The van der Waals surface area contributed by atoms with Crippen molar-refractivity contribution in [3.8, 4) is 0 Å². The van der Waals surface area contributed by atoms with Gasteiger partial charge in [0.05, 0.1) is 11.4 Å². The molecule has 0 unspecified atom stereocenters. The molecule has 1 fully saturated rings. The molecule has 2 aromatic heterocycles. The summed E-state index contributed by atoms with van der Waals surface area (Å²) >= 11 is 0. The van der Waals surface area contributed by atoms with Crippen LogP contribution in [0, 0.1) is 24.5 Å². The Hall–Kier alpha value is -3.10. The van der Waals surface area contributed by atoms with E-state index in [4.69, 9.17) is 4.52 Å². The van der Waals surface area contributed by atoms with Crippen LogP contribution in [-0.2, 0) is 4.79 Å². The number of nitrogens with one attached hydrogen (secondary N) is 1. The Balaban J connectivity index is 1.44. The van der Waals surface area contributed by atoms with Crippen LogP contribution in [0.5, 0.6) is 0 Å². The number of anilines is 2. The highest BCUT2D eigenvalue weighted by molar-refractivity contribution is 5.93. The number of hydrogen-bond donors (Lipinski definition) is 1. The second-order valence-electron chi connectivity index (χ2n) is 6.52. The monoisotopic (exact) mass is 373 g/mol. The Bertz CT molecular complexity index is 999. The molecule has 0 radical (unpaired) electrons. The zero-order valence-electron chi connectivity index (χ0n) is 14.6. The van der Waals surface area contributed by atoms with E-state index in [9.17, 15) is 13.6 Å². The minimum absolute atomic E-state index is 0.0126. The number of piperidine rings is 1. The summed E-state index contributed by atoms with van der Waals surface area (Å²) < 4.78 is 31.9. The SMILES string of the molecule is Cc1noc2ncnc(N3CCC(C(=O)Nc4ccc(F)cc4F)CC3)c12. The Morgan fingerprint density at radius 3 is 2.78 bits per heavy atom. The van der Waals surface area contributed by atoms with Crippen molar-refractivity contribution < 1.29 is 18.1 Å². The average molecular weight is 373 g/mol. The molecule has 0 bridgehead atoms. The van der Waals surface area contributed by atoms with Crippen LogP contribution in [0.15, 0.2) is 29.0 Å². The Morgan fingerprint density at radius 1 is 1.26 bits per heavy atom. The first-order valence-electron chi connectivity index (χ1n) is 8.61. The van der Waals surface area contributed by atoms with Crippen LogP contribution in [0.25, 0.3) is 11.1 Å². The van der Waals surface area contributed by atoms with Crippen molar-refractivity contribution in [1.29, 1.82) is 0 Å². The molecule has 0 aliphatic carbocycles. The van der Waals surface area contributed by atoms with E-state index in [1.54, 1.807) is 0 Å². The predicted octanol–water partition coefficient (Wildman–Crippen LogP) is 3.06. The number of rotatable bonds is 3. The van der Waals surface area contributed by atoms with Gasteiger partial charge in [-0.1, -0.05) is 5.16 Å². The minimum Gasteiger partial charge on any atom is -0.356 e. The van der Waals surface area contributed by atoms with Crippen molar-refractivity contribution in [2.24, 2.45) is 5.92 Å². The molecular weight excluding hydrogens is 356 g/mol. The summed E-state index contributed by atoms with van der Waals surface area (Å²) in [6.45, 7) is 3.05. The van der Waals surface area contributed by atoms with E-state index in [1.807, 2.05) is 6.92 Å². The van der Waals surface area contributed by atoms with Gasteiger partial charge in [0.2, 0.25) is 5.91 Å². The summed E-state index contributed by atoms with van der Waals surface area (Å²) in [5.41, 5.74) is 1.14. The van der Waals surface area contributed by atoms with Gasteiger partial charge in [-0.3, -0.25) is 4.79 Å². The fourth-order valence-electron chi connectivity index (χ4n) is 3.32. The van der Waals surface area contributed by atoms with Gasteiger partial charge < -0.3 is 14.7 Å². The number of aryl methyl sites for hydroxylation is 1. The molecule has 3 aromatic rings. The number of amides is 1. The summed E-state index contributed by atoms with van der Waals surface area (Å²) in [6.07, 6.45) is 2.60. The van der Waals surface area contributed by atoms with Gasteiger partial charge >= 0.3 is 0 Å². The first-order valence-corrected chi connectivity index (χ1v) is 8.61. The highest BCUT2D eigenvalue weighted by Crippen LogP contribution is 2.30. The molecule has 0 atom stereocenters. The molecule has 3 heterocycles. The minimum atomic E-state index is -0.785. The fourth-order valence-corrected chi connectivity index (χ4v) is 3.32. The number of carbonyl (C=O) groups is 1. The second-order valence-corrected chi connectivity index (χ2v) is 6.52. The molecule has 1 saturated heterocycles. The van der Waals surface area contributed by atoms with Gasteiger partial charge in [-0.2, -0.15) is 4.98 Å². The molecule has 1 aromatic carbocycles. The van der Waals surface area contributed by atoms with Gasteiger partial charge in [-0.25, -0.2) is 13.8 Å². The quantitative estimate of drug-likeness (QED) is 0.760. The summed E-state index contributed by atoms with van der Waals surface area (Å²) in [6, 6.07) is 3.09. The molecular formula is C18H17F2N5O2. The Kier molecular flexibility index (Phi) is 4.43. The lowest BCUT2D eigenvalue weighted by Gasteiger charge is -2.32. The topological polar surface area (TPSA) is 84.2 Å². The van der Waals surface area contributed by atoms with Crippen molar-refractivity contribution in [1.82, 2.24) is 15.1 Å². The van der Waals surface area contributed by atoms with Crippen molar-refractivity contribution >= 4 is 28.5 Å². The summed E-state index contributed by atoms with van der Waals surface area (Å²) in [7, 11) is 0. The van der Waals surface area contributed by atoms with Gasteiger partial charge in [0.25, 0.3) is 5.71 Å². The van der Waals surface area contributed by atoms with Crippen LogP contribution < -0.4 is 10.2 Å². The van der Waals surface area contributed by atoms with E-state index < -0.39 is 11.6 Å². The van der Waals surface area contributed by atoms with Gasteiger partial charge in [0, 0.05) is 25.1 Å². The maximum absolute atomic E-state index is 13.7. The molecule has 27 heavy (non-hydrogen) atoms. The van der Waals surface area contributed by atoms with Crippen LogP contribution >= 0.6 is 0 Å². The van der Waals surface area contributed by atoms with E-state index >= 15 is 0 Å². The largest absolute Gasteiger partial charge is 0.356 e. The smallest absolute Gasteiger partial charge is 0.263 e. The molecule has 1 aliphatic rings. The standard InChI is InChI=1S/C18H17F2N5O2/c1-10-15-16(21-9-22-18(15)27-24-10)25-6-4-11(5-7-25)17(26)23-14-3-2-12(19)8-13(14)20/h2-3,8-9,11H,4-7H2,1H3,(H,23,26). The number of hydrogen-bond acceptors (Lipinski definition) is 6. The zero-order chi connectivity index (χ0) is 19.0. The Morgan fingerprint density at radius 2 is 2.04 bits per heavy atom. The number of benzene rings is 1. The number of fused-ring (bicyclic) bond motifs is 1. The van der Waals surface area contributed by atoms with Crippen LogP contribution in [0.3, 0.4) is 0 Å². The number of carbonyl (C=O) groups excluding carboxylic acids is 1. The van der Waals surface area contributed by atoms with Crippen LogP contribution in [-0.4, -0.2) is 34.1 Å². The van der Waals surface area contributed by atoms with Crippen molar-refractivity contribution in [2.45, 2.75) is 19.8 Å². The molecule has 0 saturated carbocycles. The van der Waals surface area contributed by atoms with Crippen molar-refractivity contribution in [3.05, 3.63) is 41.9 Å². The fraction of sp³-hybridized carbons (Fsp3) is 0.333. The first kappa shape index (κ1) is 17.3. The van der Waals surface area contributed by atoms with Gasteiger partial charge in [0.1, 0.15) is 29.2 Å². The van der Waals surface area contributed by atoms with E-state index in [-0.39, 0.29) is 17.5 Å². The van der Waals surface area contributed by atoms with Gasteiger partial charge in [0.15, 0.2) is 0 Å². The van der Waals surface area contributed by atoms with Crippen LogP contribution in [0.4, 0.5) is 20.3 Å². The lowest BCUT2D eigenvalue weighted by molar-refractivity contribution is -0.120. The number of halogens is 2. The number of aromatic nitrogens is 3. The van der Waals surface area contributed by atoms with Gasteiger partial charge in [-0.05, 0) is 31.9 Å². The molecule has 1 aliphatic heterocycles. The zero-order valence-corrected chi connectivity index (χ0v) is 14.6. The van der Waals surface area contributed by atoms with Crippen molar-refractivity contribution in [3.63, 3.8) is 0 Å². The predicted molar refractivity (Wildman–Crippen MR) is 94.3 cm³/mol. The molecule has 9 heteroatoms. The summed E-state index contributed by atoms with van der Waals surface area (Å²) in [4.78, 5) is 22.9.